The van der Waals surface area contributed by atoms with E-state index in [0.29, 0.717) is 12.3 Å². The monoisotopic (exact) mass is 343 g/mol. The Bertz CT molecular complexity index is 814. The lowest BCUT2D eigenvalue weighted by Crippen LogP contribution is -2.18. The largest absolute Gasteiger partial charge is 0.504 e. The molecule has 126 valence electrons. The molecular weight excluding hydrogens is 322 g/mol. The van der Waals surface area contributed by atoms with Crippen LogP contribution in [0.15, 0.2) is 60.7 Å². The van der Waals surface area contributed by atoms with Gasteiger partial charge in [-0.25, -0.2) is 0 Å². The zero-order chi connectivity index (χ0) is 16.2. The maximum Gasteiger partial charge on any atom is 0.160 e. The first-order valence-electron chi connectivity index (χ1n) is 7.76. The second kappa shape index (κ2) is 8.04. The van der Waals surface area contributed by atoms with Crippen molar-refractivity contribution in [2.24, 2.45) is 0 Å². The molecule has 3 aromatic rings. The smallest absolute Gasteiger partial charge is 0.160 e. The number of ether oxygens (including phenoxy) is 1. The van der Waals surface area contributed by atoms with E-state index >= 15 is 0 Å². The van der Waals surface area contributed by atoms with Gasteiger partial charge in [0.2, 0.25) is 0 Å². The average Bonchev–Trinajstić information content (AvgIpc) is 2.59. The maximum absolute atomic E-state index is 9.86. The Balaban J connectivity index is 0.00000208. The number of benzene rings is 3. The van der Waals surface area contributed by atoms with Gasteiger partial charge >= 0.3 is 0 Å². The molecule has 0 spiro atoms. The van der Waals surface area contributed by atoms with Gasteiger partial charge < -0.3 is 15.2 Å². The molecule has 4 heteroatoms. The molecule has 0 aliphatic heterocycles. The third-order valence-electron chi connectivity index (χ3n) is 4.15. The molecule has 1 atom stereocenters. The van der Waals surface area contributed by atoms with Crippen LogP contribution in [0.1, 0.15) is 24.1 Å². The van der Waals surface area contributed by atoms with Gasteiger partial charge in [0.05, 0.1) is 7.11 Å². The molecule has 3 nitrogen and oxygen atoms in total. The predicted molar refractivity (Wildman–Crippen MR) is 101 cm³/mol. The summed E-state index contributed by atoms with van der Waals surface area (Å²) in [7, 11) is 1.55. The summed E-state index contributed by atoms with van der Waals surface area (Å²) >= 11 is 0. The molecule has 1 unspecified atom stereocenters. The quantitative estimate of drug-likeness (QED) is 0.697. The zero-order valence-corrected chi connectivity index (χ0v) is 14.6. The number of aromatic hydroxyl groups is 1. The fraction of sp³-hybridized carbons (Fsp3) is 0.200. The molecule has 0 saturated carbocycles. The van der Waals surface area contributed by atoms with Gasteiger partial charge in [-0.3, -0.25) is 0 Å². The minimum absolute atomic E-state index is 0. The molecule has 0 saturated heterocycles. The van der Waals surface area contributed by atoms with E-state index < -0.39 is 0 Å². The van der Waals surface area contributed by atoms with Crippen LogP contribution < -0.4 is 10.1 Å². The van der Waals surface area contributed by atoms with E-state index in [0.717, 1.165) is 5.56 Å². The summed E-state index contributed by atoms with van der Waals surface area (Å²) in [5, 5.41) is 15.9. The fourth-order valence-corrected chi connectivity index (χ4v) is 2.85. The Labute approximate surface area is 148 Å². The first kappa shape index (κ1) is 18.1. The van der Waals surface area contributed by atoms with Gasteiger partial charge in [-0.1, -0.05) is 48.5 Å². The van der Waals surface area contributed by atoms with Crippen molar-refractivity contribution in [1.29, 1.82) is 0 Å². The number of halogens is 1. The van der Waals surface area contributed by atoms with Crippen molar-refractivity contribution in [1.82, 2.24) is 5.32 Å². The van der Waals surface area contributed by atoms with Crippen LogP contribution in [0.5, 0.6) is 11.5 Å². The molecule has 0 aromatic heterocycles. The second-order valence-electron chi connectivity index (χ2n) is 5.68. The molecule has 24 heavy (non-hydrogen) atoms. The Morgan fingerprint density at radius 3 is 2.54 bits per heavy atom. The van der Waals surface area contributed by atoms with E-state index in [-0.39, 0.29) is 24.2 Å². The first-order valence-corrected chi connectivity index (χ1v) is 7.76. The van der Waals surface area contributed by atoms with Crippen LogP contribution in [0, 0.1) is 0 Å². The van der Waals surface area contributed by atoms with Gasteiger partial charge in [0, 0.05) is 12.6 Å². The molecule has 0 radical (unpaired) electrons. The number of rotatable bonds is 5. The van der Waals surface area contributed by atoms with Gasteiger partial charge in [0.25, 0.3) is 0 Å². The van der Waals surface area contributed by atoms with Crippen LogP contribution in [0.25, 0.3) is 10.8 Å². The van der Waals surface area contributed by atoms with Crippen molar-refractivity contribution in [3.8, 4) is 11.5 Å². The van der Waals surface area contributed by atoms with Crippen molar-refractivity contribution in [2.45, 2.75) is 19.5 Å². The molecular formula is C20H22ClNO2. The fourth-order valence-electron chi connectivity index (χ4n) is 2.85. The summed E-state index contributed by atoms with van der Waals surface area (Å²) in [6.07, 6.45) is 0. The van der Waals surface area contributed by atoms with Crippen LogP contribution >= 0.6 is 12.4 Å². The van der Waals surface area contributed by atoms with Crippen LogP contribution in [0.2, 0.25) is 0 Å². The number of methoxy groups -OCH3 is 1. The number of phenolic OH excluding ortho intramolecular Hbond substituents is 1. The highest BCUT2D eigenvalue weighted by atomic mass is 35.5. The zero-order valence-electron chi connectivity index (χ0n) is 13.8. The average molecular weight is 344 g/mol. The number of hydrogen-bond acceptors (Lipinski definition) is 3. The van der Waals surface area contributed by atoms with E-state index in [1.165, 1.54) is 16.3 Å². The topological polar surface area (TPSA) is 41.5 Å². The van der Waals surface area contributed by atoms with Crippen molar-refractivity contribution < 1.29 is 9.84 Å². The van der Waals surface area contributed by atoms with E-state index in [1.807, 2.05) is 6.07 Å². The lowest BCUT2D eigenvalue weighted by Gasteiger charge is -2.17. The Morgan fingerprint density at radius 1 is 1.04 bits per heavy atom. The van der Waals surface area contributed by atoms with Crippen LogP contribution in [-0.4, -0.2) is 12.2 Å². The summed E-state index contributed by atoms with van der Waals surface area (Å²) in [5.41, 5.74) is 2.30. The number of nitrogens with one attached hydrogen (secondary N) is 1. The summed E-state index contributed by atoms with van der Waals surface area (Å²) < 4.78 is 5.07. The number of hydrogen-bond donors (Lipinski definition) is 2. The molecule has 3 rings (SSSR count). The standard InChI is InChI=1S/C20H21NO2.ClH/c1-14(17-9-5-7-16-6-3-4-8-18(16)17)21-13-15-10-11-20(23-2)19(22)12-15;/h3-12,14,21-22H,13H2,1-2H3;1H. The summed E-state index contributed by atoms with van der Waals surface area (Å²) in [4.78, 5) is 0. The Morgan fingerprint density at radius 2 is 1.79 bits per heavy atom. The summed E-state index contributed by atoms with van der Waals surface area (Å²) in [6.45, 7) is 2.84. The lowest BCUT2D eigenvalue weighted by atomic mass is 9.99. The van der Waals surface area contributed by atoms with E-state index in [9.17, 15) is 5.11 Å². The third kappa shape index (κ3) is 3.81. The Hall–Kier alpha value is -2.23. The van der Waals surface area contributed by atoms with Crippen molar-refractivity contribution in [3.63, 3.8) is 0 Å². The number of phenols is 1. The maximum atomic E-state index is 9.86. The van der Waals surface area contributed by atoms with Crippen LogP contribution in [0.4, 0.5) is 0 Å². The molecule has 0 aliphatic carbocycles. The highest BCUT2D eigenvalue weighted by molar-refractivity contribution is 5.86. The second-order valence-corrected chi connectivity index (χ2v) is 5.68. The third-order valence-corrected chi connectivity index (χ3v) is 4.15. The molecule has 2 N–H and O–H groups in total. The molecule has 3 aromatic carbocycles. The van der Waals surface area contributed by atoms with E-state index in [2.05, 4.69) is 54.7 Å². The predicted octanol–water partition coefficient (Wildman–Crippen LogP) is 4.83. The van der Waals surface area contributed by atoms with Crippen LogP contribution in [0.3, 0.4) is 0 Å². The molecule has 0 amide bonds. The first-order chi connectivity index (χ1) is 11.2. The van der Waals surface area contributed by atoms with E-state index in [1.54, 1.807) is 19.2 Å². The van der Waals surface area contributed by atoms with Crippen molar-refractivity contribution >= 4 is 23.2 Å². The van der Waals surface area contributed by atoms with Gasteiger partial charge in [-0.2, -0.15) is 0 Å². The van der Waals surface area contributed by atoms with Gasteiger partial charge in [-0.05, 0) is 41.0 Å². The highest BCUT2D eigenvalue weighted by Crippen LogP contribution is 2.27. The molecule has 0 heterocycles. The van der Waals surface area contributed by atoms with Crippen molar-refractivity contribution in [3.05, 3.63) is 71.8 Å². The van der Waals surface area contributed by atoms with E-state index in [4.69, 9.17) is 4.74 Å². The molecule has 0 fully saturated rings. The van der Waals surface area contributed by atoms with Gasteiger partial charge in [0.15, 0.2) is 11.5 Å². The normalized spacial score (nSPS) is 11.8. The minimum atomic E-state index is 0. The van der Waals surface area contributed by atoms with Gasteiger partial charge in [-0.15, -0.1) is 12.4 Å². The van der Waals surface area contributed by atoms with Gasteiger partial charge in [0.1, 0.15) is 0 Å². The van der Waals surface area contributed by atoms with Crippen molar-refractivity contribution in [2.75, 3.05) is 7.11 Å². The highest BCUT2D eigenvalue weighted by Gasteiger charge is 2.09. The Kier molecular flexibility index (Phi) is 6.07. The summed E-state index contributed by atoms with van der Waals surface area (Å²) in [6, 6.07) is 20.5. The number of fused-ring (bicyclic) bond motifs is 1. The van der Waals surface area contributed by atoms with Crippen LogP contribution in [-0.2, 0) is 6.54 Å². The SMILES string of the molecule is COc1ccc(CNC(C)c2cccc3ccccc23)cc1O.Cl. The molecule has 0 aliphatic rings. The molecule has 0 bridgehead atoms. The summed E-state index contributed by atoms with van der Waals surface area (Å²) in [5.74, 6) is 0.667. The lowest BCUT2D eigenvalue weighted by molar-refractivity contribution is 0.373. The minimum Gasteiger partial charge on any atom is -0.504 e.